The fourth-order valence-electron chi connectivity index (χ4n) is 3.16. The van der Waals surface area contributed by atoms with Crippen LogP contribution in [0.3, 0.4) is 0 Å². The second-order valence-electron chi connectivity index (χ2n) is 7.07. The highest BCUT2D eigenvalue weighted by Crippen LogP contribution is 2.18. The first-order valence-electron chi connectivity index (χ1n) is 10.2. The number of hydrogen-bond donors (Lipinski definition) is 0. The van der Waals surface area contributed by atoms with Crippen molar-refractivity contribution in [2.75, 3.05) is 31.4 Å². The highest BCUT2D eigenvalue weighted by atomic mass is 16.6. The summed E-state index contributed by atoms with van der Waals surface area (Å²) in [6.07, 6.45) is 1.87. The van der Waals surface area contributed by atoms with Crippen LogP contribution in [-0.4, -0.2) is 38.7 Å². The van der Waals surface area contributed by atoms with Gasteiger partial charge in [0.15, 0.2) is 0 Å². The third kappa shape index (κ3) is 5.92. The predicted molar refractivity (Wildman–Crippen MR) is 119 cm³/mol. The van der Waals surface area contributed by atoms with Crippen molar-refractivity contribution in [2.45, 2.75) is 12.6 Å². The molecule has 0 amide bonds. The number of benzene rings is 3. The van der Waals surface area contributed by atoms with E-state index in [1.807, 2.05) is 71.9 Å². The van der Waals surface area contributed by atoms with Gasteiger partial charge >= 0.3 is 0 Å². The smallest absolute Gasteiger partial charge is 0.119 e. The van der Waals surface area contributed by atoms with Crippen LogP contribution in [0.15, 0.2) is 90.0 Å². The Morgan fingerprint density at radius 3 is 2.33 bits per heavy atom. The van der Waals surface area contributed by atoms with Crippen molar-refractivity contribution in [2.24, 2.45) is 5.10 Å². The Balaban J connectivity index is 1.40. The van der Waals surface area contributed by atoms with Gasteiger partial charge in [0.25, 0.3) is 0 Å². The van der Waals surface area contributed by atoms with Gasteiger partial charge in [-0.15, -0.1) is 0 Å². The van der Waals surface area contributed by atoms with Crippen LogP contribution < -0.4 is 9.75 Å². The molecular formula is C25H26N2O3. The maximum atomic E-state index is 5.81. The largest absolute Gasteiger partial charge is 0.491 e. The van der Waals surface area contributed by atoms with Crippen LogP contribution in [0, 0.1) is 0 Å². The highest BCUT2D eigenvalue weighted by molar-refractivity contribution is 5.80. The molecule has 4 rings (SSSR count). The summed E-state index contributed by atoms with van der Waals surface area (Å²) in [7, 11) is 0. The Labute approximate surface area is 177 Å². The lowest BCUT2D eigenvalue weighted by Crippen LogP contribution is -2.33. The van der Waals surface area contributed by atoms with Crippen molar-refractivity contribution < 1.29 is 14.2 Å². The molecule has 1 aliphatic rings. The van der Waals surface area contributed by atoms with Crippen molar-refractivity contribution in [3.05, 3.63) is 96.1 Å². The van der Waals surface area contributed by atoms with Crippen molar-refractivity contribution in [3.8, 4) is 5.75 Å². The van der Waals surface area contributed by atoms with Crippen LogP contribution in [-0.2, 0) is 16.0 Å². The summed E-state index contributed by atoms with van der Waals surface area (Å²) >= 11 is 0. The van der Waals surface area contributed by atoms with Crippen LogP contribution in [0.2, 0.25) is 0 Å². The molecule has 1 unspecified atom stereocenters. The Kier molecular flexibility index (Phi) is 7.10. The van der Waals surface area contributed by atoms with Gasteiger partial charge in [-0.3, -0.25) is 5.01 Å². The fraction of sp³-hybridized carbons (Fsp3) is 0.240. The zero-order chi connectivity index (χ0) is 20.4. The minimum Gasteiger partial charge on any atom is -0.491 e. The normalized spacial score (nSPS) is 16.5. The highest BCUT2D eigenvalue weighted by Gasteiger charge is 2.14. The van der Waals surface area contributed by atoms with E-state index in [1.165, 1.54) is 5.56 Å². The van der Waals surface area contributed by atoms with E-state index in [9.17, 15) is 0 Å². The molecule has 0 saturated carbocycles. The number of hydrogen-bond acceptors (Lipinski definition) is 5. The summed E-state index contributed by atoms with van der Waals surface area (Å²) in [5.74, 6) is 0.811. The minimum absolute atomic E-state index is 0.00240. The minimum atomic E-state index is -0.00240. The maximum absolute atomic E-state index is 5.81. The van der Waals surface area contributed by atoms with Crippen molar-refractivity contribution >= 4 is 11.9 Å². The summed E-state index contributed by atoms with van der Waals surface area (Å²) in [5, 5.41) is 6.74. The first-order chi connectivity index (χ1) is 14.9. The van der Waals surface area contributed by atoms with Crippen LogP contribution in [0.5, 0.6) is 5.75 Å². The molecular weight excluding hydrogens is 376 g/mol. The van der Waals surface area contributed by atoms with Gasteiger partial charge in [0, 0.05) is 0 Å². The molecule has 5 nitrogen and oxygen atoms in total. The summed E-state index contributed by atoms with van der Waals surface area (Å²) in [6.45, 7) is 3.07. The average Bonchev–Trinajstić information content (AvgIpc) is 2.83. The molecule has 1 fully saturated rings. The third-order valence-electron chi connectivity index (χ3n) is 4.78. The summed E-state index contributed by atoms with van der Waals surface area (Å²) in [6, 6.07) is 28.4. The average molecular weight is 402 g/mol. The molecule has 0 N–H and O–H groups in total. The number of ether oxygens (including phenoxy) is 3. The van der Waals surface area contributed by atoms with Gasteiger partial charge in [0.2, 0.25) is 0 Å². The van der Waals surface area contributed by atoms with Crippen LogP contribution in [0.4, 0.5) is 5.69 Å². The number of hydrazone groups is 1. The van der Waals surface area contributed by atoms with Crippen LogP contribution >= 0.6 is 0 Å². The number of para-hydroxylation sites is 1. The molecule has 154 valence electrons. The number of anilines is 1. The fourth-order valence-corrected chi connectivity index (χ4v) is 3.16. The molecule has 3 aromatic carbocycles. The molecule has 3 aromatic rings. The quantitative estimate of drug-likeness (QED) is 0.410. The van der Waals surface area contributed by atoms with Gasteiger partial charge < -0.3 is 14.2 Å². The lowest BCUT2D eigenvalue weighted by atomic mass is 10.2. The van der Waals surface area contributed by atoms with Crippen molar-refractivity contribution in [3.63, 3.8) is 0 Å². The number of nitrogens with zero attached hydrogens (tertiary/aromatic N) is 2. The second-order valence-corrected chi connectivity index (χ2v) is 7.07. The molecule has 1 saturated heterocycles. The van der Waals surface area contributed by atoms with Gasteiger partial charge in [0.05, 0.1) is 38.3 Å². The SMILES string of the molecule is C(=NN(Cc1ccccc1)c1ccccc1)c1ccc(OCC2COCCO2)cc1. The van der Waals surface area contributed by atoms with E-state index < -0.39 is 0 Å². The molecule has 0 bridgehead atoms. The van der Waals surface area contributed by atoms with E-state index in [0.717, 1.165) is 17.0 Å². The topological polar surface area (TPSA) is 43.3 Å². The molecule has 1 aliphatic heterocycles. The molecule has 1 heterocycles. The molecule has 0 aromatic heterocycles. The standard InChI is InChI=1S/C25H26N2O3/c1-3-7-22(8-4-1)18-27(23-9-5-2-6-10-23)26-17-21-11-13-24(14-12-21)30-20-25-19-28-15-16-29-25/h1-14,17,25H,15-16,18-20H2. The zero-order valence-corrected chi connectivity index (χ0v) is 16.9. The predicted octanol–water partition coefficient (Wildman–Crippen LogP) is 4.52. The van der Waals surface area contributed by atoms with E-state index in [-0.39, 0.29) is 6.10 Å². The lowest BCUT2D eigenvalue weighted by Gasteiger charge is -2.22. The first kappa shape index (κ1) is 20.1. The summed E-state index contributed by atoms with van der Waals surface area (Å²) in [4.78, 5) is 0. The molecule has 0 radical (unpaired) electrons. The van der Waals surface area contributed by atoms with Crippen LogP contribution in [0.25, 0.3) is 0 Å². The van der Waals surface area contributed by atoms with E-state index in [1.54, 1.807) is 0 Å². The van der Waals surface area contributed by atoms with E-state index in [4.69, 9.17) is 19.3 Å². The lowest BCUT2D eigenvalue weighted by molar-refractivity contribution is -0.101. The van der Waals surface area contributed by atoms with Gasteiger partial charge in [-0.1, -0.05) is 48.5 Å². The Hall–Kier alpha value is -3.15. The van der Waals surface area contributed by atoms with Gasteiger partial charge in [-0.2, -0.15) is 5.10 Å². The monoisotopic (exact) mass is 402 g/mol. The Morgan fingerprint density at radius 1 is 0.900 bits per heavy atom. The van der Waals surface area contributed by atoms with Crippen molar-refractivity contribution in [1.29, 1.82) is 0 Å². The summed E-state index contributed by atoms with van der Waals surface area (Å²) < 4.78 is 16.8. The maximum Gasteiger partial charge on any atom is 0.119 e. The first-order valence-corrected chi connectivity index (χ1v) is 10.2. The Bertz CT molecular complexity index is 908. The van der Waals surface area contributed by atoms with E-state index >= 15 is 0 Å². The van der Waals surface area contributed by atoms with E-state index in [2.05, 4.69) is 24.3 Å². The third-order valence-corrected chi connectivity index (χ3v) is 4.78. The number of rotatable bonds is 8. The summed E-state index contributed by atoms with van der Waals surface area (Å²) in [5.41, 5.74) is 3.26. The molecule has 30 heavy (non-hydrogen) atoms. The van der Waals surface area contributed by atoms with Crippen molar-refractivity contribution in [1.82, 2.24) is 0 Å². The van der Waals surface area contributed by atoms with Gasteiger partial charge in [-0.05, 0) is 47.5 Å². The molecule has 1 atom stereocenters. The van der Waals surface area contributed by atoms with E-state index in [0.29, 0.717) is 33.0 Å². The zero-order valence-electron chi connectivity index (χ0n) is 16.9. The van der Waals surface area contributed by atoms with Crippen LogP contribution in [0.1, 0.15) is 11.1 Å². The Morgan fingerprint density at radius 2 is 1.63 bits per heavy atom. The van der Waals surface area contributed by atoms with Gasteiger partial charge in [-0.25, -0.2) is 0 Å². The second kappa shape index (κ2) is 10.6. The molecule has 5 heteroatoms. The van der Waals surface area contributed by atoms with Gasteiger partial charge in [0.1, 0.15) is 18.5 Å². The molecule has 0 spiro atoms. The molecule has 0 aliphatic carbocycles.